The summed E-state index contributed by atoms with van der Waals surface area (Å²) >= 11 is 3.37. The van der Waals surface area contributed by atoms with Crippen molar-refractivity contribution in [1.29, 1.82) is 0 Å². The number of halogens is 1. The van der Waals surface area contributed by atoms with Crippen molar-refractivity contribution in [3.05, 3.63) is 34.3 Å². The molecule has 1 fully saturated rings. The van der Waals surface area contributed by atoms with Gasteiger partial charge in [-0.05, 0) is 12.1 Å². The van der Waals surface area contributed by atoms with Crippen molar-refractivity contribution in [2.24, 2.45) is 0 Å². The lowest BCUT2D eigenvalue weighted by Gasteiger charge is -2.33. The fourth-order valence-corrected chi connectivity index (χ4v) is 2.58. The maximum absolute atomic E-state index is 12.1. The molecule has 1 aromatic rings. The van der Waals surface area contributed by atoms with Crippen LogP contribution in [0.4, 0.5) is 0 Å². The van der Waals surface area contributed by atoms with Gasteiger partial charge in [0.25, 0.3) is 0 Å². The maximum Gasteiger partial charge on any atom is 0.219 e. The summed E-state index contributed by atoms with van der Waals surface area (Å²) in [6.45, 7) is 4.95. The molecule has 1 aliphatic heterocycles. The number of nitrogens with zero attached hydrogens (tertiary/aromatic N) is 2. The second-order valence-corrected chi connectivity index (χ2v) is 5.63. The van der Waals surface area contributed by atoms with E-state index in [4.69, 9.17) is 0 Å². The van der Waals surface area contributed by atoms with Crippen molar-refractivity contribution >= 4 is 27.6 Å². The third kappa shape index (κ3) is 3.88. The van der Waals surface area contributed by atoms with Gasteiger partial charge in [0.05, 0.1) is 6.54 Å². The number of ketones is 1. The zero-order valence-corrected chi connectivity index (χ0v) is 12.5. The van der Waals surface area contributed by atoms with Crippen LogP contribution in [0.3, 0.4) is 0 Å². The molecule has 102 valence electrons. The molecule has 0 saturated carbocycles. The minimum atomic E-state index is 0.109. The molecule has 19 heavy (non-hydrogen) atoms. The Kier molecular flexibility index (Phi) is 4.71. The lowest BCUT2D eigenvalue weighted by atomic mass is 10.1. The van der Waals surface area contributed by atoms with Crippen molar-refractivity contribution in [3.63, 3.8) is 0 Å². The molecule has 0 spiro atoms. The second-order valence-electron chi connectivity index (χ2n) is 4.72. The molecule has 5 heteroatoms. The summed E-state index contributed by atoms with van der Waals surface area (Å²) in [5.74, 6) is 0.232. The summed E-state index contributed by atoms with van der Waals surface area (Å²) in [5, 5.41) is 0. The molecule has 0 aliphatic carbocycles. The highest BCUT2D eigenvalue weighted by Crippen LogP contribution is 2.13. The molecule has 4 nitrogen and oxygen atoms in total. The average Bonchev–Trinajstić information content (AvgIpc) is 2.39. The molecule has 1 aromatic carbocycles. The Morgan fingerprint density at radius 3 is 2.47 bits per heavy atom. The van der Waals surface area contributed by atoms with Gasteiger partial charge in [0.2, 0.25) is 5.91 Å². The van der Waals surface area contributed by atoms with Crippen molar-refractivity contribution in [2.75, 3.05) is 32.7 Å². The van der Waals surface area contributed by atoms with Crippen molar-refractivity contribution < 1.29 is 9.59 Å². The first-order valence-electron chi connectivity index (χ1n) is 6.33. The number of Topliss-reactive ketones (excluding diaryl/α,β-unsaturated/α-hetero) is 1. The van der Waals surface area contributed by atoms with Crippen LogP contribution in [-0.4, -0.2) is 54.2 Å². The van der Waals surface area contributed by atoms with Crippen LogP contribution < -0.4 is 0 Å². The molecule has 0 unspecified atom stereocenters. The quantitative estimate of drug-likeness (QED) is 0.796. The van der Waals surface area contributed by atoms with Gasteiger partial charge in [-0.2, -0.15) is 0 Å². The Morgan fingerprint density at radius 2 is 1.89 bits per heavy atom. The number of piperazine rings is 1. The van der Waals surface area contributed by atoms with E-state index in [1.807, 2.05) is 29.2 Å². The predicted octanol–water partition coefficient (Wildman–Crippen LogP) is 1.80. The van der Waals surface area contributed by atoms with Gasteiger partial charge >= 0.3 is 0 Å². The Hall–Kier alpha value is -1.20. The van der Waals surface area contributed by atoms with Gasteiger partial charge < -0.3 is 4.90 Å². The highest BCUT2D eigenvalue weighted by Gasteiger charge is 2.20. The summed E-state index contributed by atoms with van der Waals surface area (Å²) in [6, 6.07) is 7.44. The zero-order chi connectivity index (χ0) is 13.8. The van der Waals surface area contributed by atoms with E-state index < -0.39 is 0 Å². The van der Waals surface area contributed by atoms with Crippen LogP contribution in [-0.2, 0) is 4.79 Å². The Labute approximate surface area is 121 Å². The van der Waals surface area contributed by atoms with E-state index in [2.05, 4.69) is 20.8 Å². The minimum absolute atomic E-state index is 0.109. The van der Waals surface area contributed by atoms with Gasteiger partial charge in [0.1, 0.15) is 0 Å². The van der Waals surface area contributed by atoms with Crippen LogP contribution in [0.2, 0.25) is 0 Å². The van der Waals surface area contributed by atoms with E-state index >= 15 is 0 Å². The van der Waals surface area contributed by atoms with E-state index in [0.717, 1.165) is 23.1 Å². The zero-order valence-electron chi connectivity index (χ0n) is 10.9. The first-order valence-corrected chi connectivity index (χ1v) is 7.12. The fourth-order valence-electron chi connectivity index (χ4n) is 2.18. The second kappa shape index (κ2) is 6.30. The molecule has 1 saturated heterocycles. The van der Waals surface area contributed by atoms with Crippen LogP contribution >= 0.6 is 15.9 Å². The lowest BCUT2D eigenvalue weighted by molar-refractivity contribution is -0.130. The third-order valence-corrected chi connectivity index (χ3v) is 3.82. The standard InChI is InChI=1S/C14H17BrN2O2/c1-11(18)17-7-5-16(6-8-17)10-14(19)12-3-2-4-13(15)9-12/h2-4,9H,5-8,10H2,1H3. The van der Waals surface area contributed by atoms with Gasteiger partial charge in [-0.1, -0.05) is 28.1 Å². The van der Waals surface area contributed by atoms with E-state index in [1.54, 1.807) is 6.92 Å². The van der Waals surface area contributed by atoms with Crippen LogP contribution in [0, 0.1) is 0 Å². The number of amides is 1. The molecule has 1 heterocycles. The third-order valence-electron chi connectivity index (χ3n) is 3.33. The molecule has 0 atom stereocenters. The average molecular weight is 325 g/mol. The van der Waals surface area contributed by atoms with Crippen molar-refractivity contribution in [3.8, 4) is 0 Å². The highest BCUT2D eigenvalue weighted by atomic mass is 79.9. The first-order chi connectivity index (χ1) is 9.06. The van der Waals surface area contributed by atoms with E-state index in [1.165, 1.54) is 0 Å². The maximum atomic E-state index is 12.1. The lowest BCUT2D eigenvalue weighted by Crippen LogP contribution is -2.49. The first kappa shape index (κ1) is 14.2. The highest BCUT2D eigenvalue weighted by molar-refractivity contribution is 9.10. The van der Waals surface area contributed by atoms with Crippen LogP contribution in [0.25, 0.3) is 0 Å². The smallest absolute Gasteiger partial charge is 0.219 e. The van der Waals surface area contributed by atoms with Crippen LogP contribution in [0.1, 0.15) is 17.3 Å². The summed E-state index contributed by atoms with van der Waals surface area (Å²) in [6.07, 6.45) is 0. The molecule has 0 N–H and O–H groups in total. The van der Waals surface area contributed by atoms with Gasteiger partial charge in [-0.25, -0.2) is 0 Å². The van der Waals surface area contributed by atoms with E-state index in [-0.39, 0.29) is 11.7 Å². The SMILES string of the molecule is CC(=O)N1CCN(CC(=O)c2cccc(Br)c2)CC1. The molecular formula is C14H17BrN2O2. The number of carbonyl (C=O) groups is 2. The number of carbonyl (C=O) groups excluding carboxylic acids is 2. The van der Waals surface area contributed by atoms with Gasteiger partial charge in [0, 0.05) is 43.1 Å². The summed E-state index contributed by atoms with van der Waals surface area (Å²) < 4.78 is 0.916. The fraction of sp³-hybridized carbons (Fsp3) is 0.429. The Balaban J connectivity index is 1.89. The largest absolute Gasteiger partial charge is 0.340 e. The summed E-state index contributed by atoms with van der Waals surface area (Å²) in [5.41, 5.74) is 0.725. The molecule has 1 aliphatic rings. The van der Waals surface area contributed by atoms with Gasteiger partial charge in [-0.15, -0.1) is 0 Å². The predicted molar refractivity (Wildman–Crippen MR) is 77.2 cm³/mol. The van der Waals surface area contributed by atoms with Crippen LogP contribution in [0.5, 0.6) is 0 Å². The number of hydrogen-bond donors (Lipinski definition) is 0. The van der Waals surface area contributed by atoms with Crippen molar-refractivity contribution in [2.45, 2.75) is 6.92 Å². The Morgan fingerprint density at radius 1 is 1.21 bits per heavy atom. The molecule has 0 radical (unpaired) electrons. The Bertz CT molecular complexity index is 482. The molecule has 2 rings (SSSR count). The monoisotopic (exact) mass is 324 g/mol. The number of hydrogen-bond acceptors (Lipinski definition) is 3. The normalized spacial score (nSPS) is 16.4. The summed E-state index contributed by atoms with van der Waals surface area (Å²) in [7, 11) is 0. The van der Waals surface area contributed by atoms with Crippen LogP contribution in [0.15, 0.2) is 28.7 Å². The van der Waals surface area contributed by atoms with E-state index in [9.17, 15) is 9.59 Å². The topological polar surface area (TPSA) is 40.6 Å². The van der Waals surface area contributed by atoms with Gasteiger partial charge in [0.15, 0.2) is 5.78 Å². The molecule has 1 amide bonds. The van der Waals surface area contributed by atoms with Crippen molar-refractivity contribution in [1.82, 2.24) is 9.80 Å². The number of rotatable bonds is 3. The molecule has 0 bridgehead atoms. The summed E-state index contributed by atoms with van der Waals surface area (Å²) in [4.78, 5) is 27.3. The van der Waals surface area contributed by atoms with Gasteiger partial charge in [-0.3, -0.25) is 14.5 Å². The minimum Gasteiger partial charge on any atom is -0.340 e. The van der Waals surface area contributed by atoms with E-state index in [0.29, 0.717) is 19.6 Å². The molecule has 0 aromatic heterocycles. The molecular weight excluding hydrogens is 308 g/mol. The number of benzene rings is 1.